The molecule has 1 fully saturated rings. The second-order valence-electron chi connectivity index (χ2n) is 7.48. The number of halogens is 1. The molecule has 0 aromatic carbocycles. The summed E-state index contributed by atoms with van der Waals surface area (Å²) in [4.78, 5) is 14.2. The Morgan fingerprint density at radius 2 is 1.95 bits per heavy atom. The number of rotatable bonds is 6. The summed E-state index contributed by atoms with van der Waals surface area (Å²) in [5.74, 6) is 1.44. The summed E-state index contributed by atoms with van der Waals surface area (Å²) in [6.07, 6.45) is 3.64. The molecule has 1 rings (SSSR count). The van der Waals surface area contributed by atoms with E-state index in [9.17, 15) is 4.79 Å². The molecule has 0 heterocycles. The van der Waals surface area contributed by atoms with Gasteiger partial charge in [0.15, 0.2) is 0 Å². The highest BCUT2D eigenvalue weighted by atomic mass is 35.5. The van der Waals surface area contributed by atoms with Crippen molar-refractivity contribution < 1.29 is 4.79 Å². The van der Waals surface area contributed by atoms with Gasteiger partial charge in [0.05, 0.1) is 6.54 Å². The third-order valence-electron chi connectivity index (χ3n) is 4.72. The minimum absolute atomic E-state index is 0. The third-order valence-corrected chi connectivity index (χ3v) is 4.72. The minimum Gasteiger partial charge on any atom is -0.352 e. The van der Waals surface area contributed by atoms with E-state index < -0.39 is 0 Å². The zero-order chi connectivity index (χ0) is 15.3. The van der Waals surface area contributed by atoms with E-state index in [1.165, 1.54) is 12.8 Å². The van der Waals surface area contributed by atoms with Gasteiger partial charge in [0.25, 0.3) is 0 Å². The maximum absolute atomic E-state index is 12.2. The Hall–Kier alpha value is -0.320. The molecule has 0 spiro atoms. The predicted octanol–water partition coefficient (Wildman–Crippen LogP) is 2.27. The first-order valence-electron chi connectivity index (χ1n) is 7.93. The van der Waals surface area contributed by atoms with Crippen LogP contribution in [-0.2, 0) is 4.79 Å². The Kier molecular flexibility index (Phi) is 8.83. The van der Waals surface area contributed by atoms with E-state index in [1.54, 1.807) is 0 Å². The van der Waals surface area contributed by atoms with Crippen LogP contribution in [0, 0.1) is 17.3 Å². The number of likely N-dealkylation sites (N-methyl/N-ethyl adjacent to an activating group) is 1. The highest BCUT2D eigenvalue weighted by molar-refractivity contribution is 5.85. The molecular formula is C16H34ClN3O. The van der Waals surface area contributed by atoms with Gasteiger partial charge in [0.2, 0.25) is 5.91 Å². The van der Waals surface area contributed by atoms with Crippen LogP contribution in [0.5, 0.6) is 0 Å². The topological polar surface area (TPSA) is 58.4 Å². The average molecular weight is 320 g/mol. The third kappa shape index (κ3) is 6.98. The van der Waals surface area contributed by atoms with E-state index in [4.69, 9.17) is 5.73 Å². The van der Waals surface area contributed by atoms with Crippen molar-refractivity contribution in [2.45, 2.75) is 53.0 Å². The molecule has 4 nitrogen and oxygen atoms in total. The van der Waals surface area contributed by atoms with Crippen LogP contribution < -0.4 is 11.1 Å². The van der Waals surface area contributed by atoms with Crippen molar-refractivity contribution in [3.05, 3.63) is 0 Å². The molecule has 3 atom stereocenters. The zero-order valence-electron chi connectivity index (χ0n) is 14.3. The first-order chi connectivity index (χ1) is 9.25. The number of hydrogen-bond donors (Lipinski definition) is 2. The number of nitrogens with two attached hydrogens (primary N) is 1. The smallest absolute Gasteiger partial charge is 0.234 e. The van der Waals surface area contributed by atoms with E-state index in [-0.39, 0.29) is 23.7 Å². The largest absolute Gasteiger partial charge is 0.352 e. The van der Waals surface area contributed by atoms with Crippen LogP contribution >= 0.6 is 12.4 Å². The van der Waals surface area contributed by atoms with Crippen LogP contribution in [0.1, 0.15) is 47.0 Å². The SMILES string of the molecule is CC1CCCC(NC(=O)CN(C)CC(C)(C)CN)C1C.Cl. The summed E-state index contributed by atoms with van der Waals surface area (Å²) in [5.41, 5.74) is 5.80. The van der Waals surface area contributed by atoms with Crippen molar-refractivity contribution in [2.75, 3.05) is 26.7 Å². The van der Waals surface area contributed by atoms with Crippen LogP contribution in [-0.4, -0.2) is 43.5 Å². The lowest BCUT2D eigenvalue weighted by molar-refractivity contribution is -0.123. The van der Waals surface area contributed by atoms with E-state index >= 15 is 0 Å². The fraction of sp³-hybridized carbons (Fsp3) is 0.938. The number of amides is 1. The summed E-state index contributed by atoms with van der Waals surface area (Å²) in [7, 11) is 1.99. The fourth-order valence-corrected chi connectivity index (χ4v) is 3.13. The Bertz CT molecular complexity index is 323. The molecule has 0 saturated heterocycles. The van der Waals surface area contributed by atoms with Crippen molar-refractivity contribution >= 4 is 18.3 Å². The Labute approximate surface area is 136 Å². The molecule has 1 amide bonds. The monoisotopic (exact) mass is 319 g/mol. The van der Waals surface area contributed by atoms with Gasteiger partial charge in [-0.2, -0.15) is 0 Å². The fourth-order valence-electron chi connectivity index (χ4n) is 3.13. The first-order valence-corrected chi connectivity index (χ1v) is 7.93. The molecule has 0 aliphatic heterocycles. The van der Waals surface area contributed by atoms with Crippen molar-refractivity contribution in [1.29, 1.82) is 0 Å². The van der Waals surface area contributed by atoms with Crippen LogP contribution in [0.3, 0.4) is 0 Å². The van der Waals surface area contributed by atoms with Gasteiger partial charge < -0.3 is 11.1 Å². The lowest BCUT2D eigenvalue weighted by Gasteiger charge is -2.35. The van der Waals surface area contributed by atoms with E-state index in [1.807, 2.05) is 7.05 Å². The molecule has 0 aromatic rings. The molecule has 0 radical (unpaired) electrons. The number of nitrogens with zero attached hydrogens (tertiary/aromatic N) is 1. The molecule has 5 heteroatoms. The molecule has 1 aliphatic carbocycles. The van der Waals surface area contributed by atoms with Gasteiger partial charge in [0, 0.05) is 12.6 Å². The number of nitrogens with one attached hydrogen (secondary N) is 1. The summed E-state index contributed by atoms with van der Waals surface area (Å²) in [5, 5.41) is 3.22. The van der Waals surface area contributed by atoms with E-state index in [2.05, 4.69) is 37.9 Å². The Morgan fingerprint density at radius 1 is 1.33 bits per heavy atom. The normalized spacial score (nSPS) is 26.3. The molecule has 1 aliphatic rings. The molecule has 3 unspecified atom stereocenters. The van der Waals surface area contributed by atoms with Gasteiger partial charge in [0.1, 0.15) is 0 Å². The number of carbonyl (C=O) groups is 1. The Morgan fingerprint density at radius 3 is 2.52 bits per heavy atom. The van der Waals surface area contributed by atoms with Gasteiger partial charge >= 0.3 is 0 Å². The average Bonchev–Trinajstić information content (AvgIpc) is 2.34. The maximum atomic E-state index is 12.2. The van der Waals surface area contributed by atoms with Crippen molar-refractivity contribution in [3.8, 4) is 0 Å². The van der Waals surface area contributed by atoms with Gasteiger partial charge in [-0.25, -0.2) is 0 Å². The molecule has 21 heavy (non-hydrogen) atoms. The van der Waals surface area contributed by atoms with Crippen LogP contribution in [0.25, 0.3) is 0 Å². The first kappa shape index (κ1) is 20.7. The van der Waals surface area contributed by atoms with Crippen LogP contribution in [0.2, 0.25) is 0 Å². The van der Waals surface area contributed by atoms with E-state index in [0.717, 1.165) is 13.0 Å². The van der Waals surface area contributed by atoms with Crippen molar-refractivity contribution in [3.63, 3.8) is 0 Å². The highest BCUT2D eigenvalue weighted by Gasteiger charge is 2.28. The highest BCUT2D eigenvalue weighted by Crippen LogP contribution is 2.29. The summed E-state index contributed by atoms with van der Waals surface area (Å²) in [6.45, 7) is 10.7. The van der Waals surface area contributed by atoms with Gasteiger partial charge in [-0.1, -0.05) is 40.5 Å². The number of hydrogen-bond acceptors (Lipinski definition) is 3. The van der Waals surface area contributed by atoms with Crippen LogP contribution in [0.15, 0.2) is 0 Å². The van der Waals surface area contributed by atoms with Gasteiger partial charge in [-0.05, 0) is 37.3 Å². The summed E-state index contributed by atoms with van der Waals surface area (Å²) in [6, 6.07) is 0.349. The number of carbonyl (C=O) groups excluding carboxylic acids is 1. The standard InChI is InChI=1S/C16H33N3O.ClH/c1-12-7-6-8-14(13(12)2)18-15(20)9-19(5)11-16(3,4)10-17;/h12-14H,6-11,17H2,1-5H3,(H,18,20);1H. The molecule has 0 aromatic heterocycles. The molecule has 0 bridgehead atoms. The lowest BCUT2D eigenvalue weighted by Crippen LogP contribution is -2.48. The second kappa shape index (κ2) is 8.96. The molecular weight excluding hydrogens is 286 g/mol. The van der Waals surface area contributed by atoms with Crippen LogP contribution in [0.4, 0.5) is 0 Å². The summed E-state index contributed by atoms with van der Waals surface area (Å²) < 4.78 is 0. The van der Waals surface area contributed by atoms with Gasteiger partial charge in [-0.3, -0.25) is 9.69 Å². The van der Waals surface area contributed by atoms with Crippen molar-refractivity contribution in [2.24, 2.45) is 23.0 Å². The summed E-state index contributed by atoms with van der Waals surface area (Å²) >= 11 is 0. The maximum Gasteiger partial charge on any atom is 0.234 e. The predicted molar refractivity (Wildman–Crippen MR) is 91.7 cm³/mol. The lowest BCUT2D eigenvalue weighted by atomic mass is 9.78. The Balaban J connectivity index is 0.00000400. The zero-order valence-corrected chi connectivity index (χ0v) is 15.1. The van der Waals surface area contributed by atoms with Crippen molar-refractivity contribution in [1.82, 2.24) is 10.2 Å². The minimum atomic E-state index is 0. The van der Waals surface area contributed by atoms with Gasteiger partial charge in [-0.15, -0.1) is 12.4 Å². The second-order valence-corrected chi connectivity index (χ2v) is 7.48. The van der Waals surface area contributed by atoms with E-state index in [0.29, 0.717) is 31.0 Å². The molecule has 1 saturated carbocycles. The molecule has 126 valence electrons. The quantitative estimate of drug-likeness (QED) is 0.789. The molecule has 3 N–H and O–H groups in total.